The maximum absolute atomic E-state index is 12.6. The third-order valence-corrected chi connectivity index (χ3v) is 6.28. The first kappa shape index (κ1) is 19.4. The van der Waals surface area contributed by atoms with Crippen molar-refractivity contribution >= 4 is 28.6 Å². The summed E-state index contributed by atoms with van der Waals surface area (Å²) < 4.78 is 5.81. The van der Waals surface area contributed by atoms with E-state index in [0.29, 0.717) is 12.6 Å². The molecule has 0 spiro atoms. The zero-order chi connectivity index (χ0) is 19.5. The summed E-state index contributed by atoms with van der Waals surface area (Å²) in [6, 6.07) is 10.7. The molecule has 2 aliphatic heterocycles. The van der Waals surface area contributed by atoms with Crippen LogP contribution in [0.15, 0.2) is 41.1 Å². The highest BCUT2D eigenvalue weighted by molar-refractivity contribution is 7.07. The van der Waals surface area contributed by atoms with E-state index in [9.17, 15) is 4.79 Å². The number of ether oxygens (including phenoxy) is 1. The Morgan fingerprint density at radius 1 is 1.18 bits per heavy atom. The number of carbonyl (C=O) groups is 1. The van der Waals surface area contributed by atoms with Gasteiger partial charge >= 0.3 is 0 Å². The molecule has 0 saturated carbocycles. The Balaban J connectivity index is 1.33. The molecule has 0 aliphatic carbocycles. The number of amides is 1. The van der Waals surface area contributed by atoms with Gasteiger partial charge in [-0.05, 0) is 79.9 Å². The van der Waals surface area contributed by atoms with Gasteiger partial charge in [0.1, 0.15) is 0 Å². The average molecular weight is 400 g/mol. The molecule has 1 amide bonds. The molecule has 2 fully saturated rings. The lowest BCUT2D eigenvalue weighted by Crippen LogP contribution is -2.45. The Kier molecular flexibility index (Phi) is 5.99. The van der Waals surface area contributed by atoms with E-state index in [4.69, 9.17) is 4.74 Å². The van der Waals surface area contributed by atoms with E-state index in [1.807, 2.05) is 12.1 Å². The standard InChI is InChI=1S/C22H29N3O2S/c1-16-12-25(13-17(2)27-16)20-7-5-19(6-8-20)23-22(26)14-24-10-3-4-21(24)18-9-11-28-15-18/h5-9,11,15-17,21H,3-4,10,12-14H2,1-2H3,(H,23,26). The van der Waals surface area contributed by atoms with Gasteiger partial charge < -0.3 is 15.0 Å². The van der Waals surface area contributed by atoms with Crippen molar-refractivity contribution in [3.05, 3.63) is 46.7 Å². The Labute approximate surface area is 171 Å². The second kappa shape index (κ2) is 8.64. The van der Waals surface area contributed by atoms with Crippen LogP contribution in [0.2, 0.25) is 0 Å². The van der Waals surface area contributed by atoms with Gasteiger partial charge in [-0.15, -0.1) is 0 Å². The largest absolute Gasteiger partial charge is 0.372 e. The molecule has 2 aliphatic rings. The molecule has 28 heavy (non-hydrogen) atoms. The Bertz CT molecular complexity index is 768. The second-order valence-corrected chi connectivity index (χ2v) is 8.72. The van der Waals surface area contributed by atoms with Crippen molar-refractivity contribution < 1.29 is 9.53 Å². The number of anilines is 2. The summed E-state index contributed by atoms with van der Waals surface area (Å²) in [6.45, 7) is 7.45. The van der Waals surface area contributed by atoms with Gasteiger partial charge in [-0.25, -0.2) is 0 Å². The van der Waals surface area contributed by atoms with E-state index in [-0.39, 0.29) is 18.1 Å². The van der Waals surface area contributed by atoms with Crippen molar-refractivity contribution in [3.63, 3.8) is 0 Å². The minimum atomic E-state index is 0.0588. The lowest BCUT2D eigenvalue weighted by Gasteiger charge is -2.36. The molecular weight excluding hydrogens is 370 g/mol. The molecule has 0 radical (unpaired) electrons. The van der Waals surface area contributed by atoms with Crippen LogP contribution in [0, 0.1) is 0 Å². The lowest BCUT2D eigenvalue weighted by atomic mass is 10.1. The predicted octanol–water partition coefficient (Wildman–Crippen LogP) is 4.14. The van der Waals surface area contributed by atoms with E-state index < -0.39 is 0 Å². The summed E-state index contributed by atoms with van der Waals surface area (Å²) in [6.07, 6.45) is 2.76. The number of nitrogens with zero attached hydrogens (tertiary/aromatic N) is 2. The van der Waals surface area contributed by atoms with Gasteiger partial charge in [0.15, 0.2) is 0 Å². The van der Waals surface area contributed by atoms with E-state index in [1.54, 1.807) is 11.3 Å². The third kappa shape index (κ3) is 4.57. The van der Waals surface area contributed by atoms with Crippen LogP contribution in [0.3, 0.4) is 0 Å². The van der Waals surface area contributed by atoms with Crippen molar-refractivity contribution in [3.8, 4) is 0 Å². The van der Waals surface area contributed by atoms with E-state index >= 15 is 0 Å². The van der Waals surface area contributed by atoms with Gasteiger partial charge in [-0.2, -0.15) is 11.3 Å². The topological polar surface area (TPSA) is 44.8 Å². The van der Waals surface area contributed by atoms with Crippen LogP contribution in [-0.2, 0) is 9.53 Å². The van der Waals surface area contributed by atoms with Gasteiger partial charge in [0, 0.05) is 30.5 Å². The van der Waals surface area contributed by atoms with Gasteiger partial charge in [-0.3, -0.25) is 9.69 Å². The average Bonchev–Trinajstić information content (AvgIpc) is 3.33. The second-order valence-electron chi connectivity index (χ2n) is 7.94. The molecule has 150 valence electrons. The highest BCUT2D eigenvalue weighted by atomic mass is 32.1. The predicted molar refractivity (Wildman–Crippen MR) is 115 cm³/mol. The lowest BCUT2D eigenvalue weighted by molar-refractivity contribution is -0.117. The van der Waals surface area contributed by atoms with Gasteiger partial charge in [0.05, 0.1) is 18.8 Å². The molecule has 4 rings (SSSR count). The SMILES string of the molecule is CC1CN(c2ccc(NC(=O)CN3CCCC3c3ccsc3)cc2)CC(C)O1. The molecule has 1 aromatic carbocycles. The zero-order valence-electron chi connectivity index (χ0n) is 16.6. The van der Waals surface area contributed by atoms with Crippen molar-refractivity contribution in [2.24, 2.45) is 0 Å². The summed E-state index contributed by atoms with van der Waals surface area (Å²) in [5.41, 5.74) is 3.38. The van der Waals surface area contributed by atoms with Crippen molar-refractivity contribution in [1.82, 2.24) is 4.90 Å². The van der Waals surface area contributed by atoms with Crippen LogP contribution < -0.4 is 10.2 Å². The molecule has 5 nitrogen and oxygen atoms in total. The number of nitrogens with one attached hydrogen (secondary N) is 1. The summed E-state index contributed by atoms with van der Waals surface area (Å²) in [7, 11) is 0. The fraction of sp³-hybridized carbons (Fsp3) is 0.500. The van der Waals surface area contributed by atoms with E-state index in [2.05, 4.69) is 57.9 Å². The van der Waals surface area contributed by atoms with E-state index in [1.165, 1.54) is 11.3 Å². The molecule has 2 aromatic rings. The maximum atomic E-state index is 12.6. The molecule has 0 bridgehead atoms. The fourth-order valence-corrected chi connectivity index (χ4v) is 5.09. The monoisotopic (exact) mass is 399 g/mol. The zero-order valence-corrected chi connectivity index (χ0v) is 17.5. The normalized spacial score (nSPS) is 25.8. The molecule has 2 saturated heterocycles. The minimum absolute atomic E-state index is 0.0588. The number of benzene rings is 1. The Hall–Kier alpha value is -1.89. The van der Waals surface area contributed by atoms with Crippen LogP contribution in [0.5, 0.6) is 0 Å². The highest BCUT2D eigenvalue weighted by Crippen LogP contribution is 2.32. The van der Waals surface area contributed by atoms with Crippen molar-refractivity contribution in [2.45, 2.75) is 44.9 Å². The first-order valence-electron chi connectivity index (χ1n) is 10.1. The fourth-order valence-electron chi connectivity index (χ4n) is 4.39. The molecule has 6 heteroatoms. The quantitative estimate of drug-likeness (QED) is 0.821. The Morgan fingerprint density at radius 2 is 1.93 bits per heavy atom. The first-order valence-corrected chi connectivity index (χ1v) is 11.1. The minimum Gasteiger partial charge on any atom is -0.372 e. The number of rotatable bonds is 5. The summed E-state index contributed by atoms with van der Waals surface area (Å²) in [5.74, 6) is 0.0588. The number of thiophene rings is 1. The summed E-state index contributed by atoms with van der Waals surface area (Å²) in [5, 5.41) is 7.38. The maximum Gasteiger partial charge on any atom is 0.238 e. The van der Waals surface area contributed by atoms with Gasteiger partial charge in [-0.1, -0.05) is 0 Å². The van der Waals surface area contributed by atoms with Crippen LogP contribution in [-0.4, -0.2) is 49.2 Å². The Morgan fingerprint density at radius 3 is 2.61 bits per heavy atom. The summed E-state index contributed by atoms with van der Waals surface area (Å²) >= 11 is 1.72. The third-order valence-electron chi connectivity index (χ3n) is 5.57. The van der Waals surface area contributed by atoms with Crippen LogP contribution in [0.25, 0.3) is 0 Å². The number of morpholine rings is 1. The number of hydrogen-bond acceptors (Lipinski definition) is 5. The molecule has 3 heterocycles. The molecule has 1 N–H and O–H groups in total. The summed E-state index contributed by atoms with van der Waals surface area (Å²) in [4.78, 5) is 17.2. The highest BCUT2D eigenvalue weighted by Gasteiger charge is 2.28. The van der Waals surface area contributed by atoms with Crippen molar-refractivity contribution in [1.29, 1.82) is 0 Å². The van der Waals surface area contributed by atoms with Crippen molar-refractivity contribution in [2.75, 3.05) is 36.4 Å². The molecule has 1 aromatic heterocycles. The number of carbonyl (C=O) groups excluding carboxylic acids is 1. The first-order chi connectivity index (χ1) is 13.6. The van der Waals surface area contributed by atoms with Crippen LogP contribution >= 0.6 is 11.3 Å². The van der Waals surface area contributed by atoms with Crippen LogP contribution in [0.1, 0.15) is 38.3 Å². The van der Waals surface area contributed by atoms with Gasteiger partial charge in [0.25, 0.3) is 0 Å². The van der Waals surface area contributed by atoms with E-state index in [0.717, 1.165) is 38.2 Å². The smallest absolute Gasteiger partial charge is 0.238 e. The van der Waals surface area contributed by atoms with Gasteiger partial charge in [0.2, 0.25) is 5.91 Å². The molecule has 3 atom stereocenters. The molecule has 3 unspecified atom stereocenters. The molecular formula is C22H29N3O2S. The number of hydrogen-bond donors (Lipinski definition) is 1. The number of likely N-dealkylation sites (tertiary alicyclic amines) is 1. The van der Waals surface area contributed by atoms with Crippen LogP contribution in [0.4, 0.5) is 11.4 Å².